The van der Waals surface area contributed by atoms with Crippen LogP contribution < -0.4 is 5.43 Å². The third kappa shape index (κ3) is 1.74. The summed E-state index contributed by atoms with van der Waals surface area (Å²) in [4.78, 5) is 12.4. The molecule has 1 aliphatic rings. The summed E-state index contributed by atoms with van der Waals surface area (Å²) in [6.45, 7) is -0.217. The van der Waals surface area contributed by atoms with Crippen LogP contribution in [0.15, 0.2) is 21.3 Å². The number of aryl methyl sites for hydroxylation is 1. The van der Waals surface area contributed by atoms with Gasteiger partial charge in [0.2, 0.25) is 5.43 Å². The number of aromatic hydroxyl groups is 1. The van der Waals surface area contributed by atoms with Crippen LogP contribution in [0.25, 0.3) is 11.0 Å². The van der Waals surface area contributed by atoms with E-state index in [4.69, 9.17) is 14.3 Å². The molecule has 0 amide bonds. The summed E-state index contributed by atoms with van der Waals surface area (Å²) >= 11 is 0. The Labute approximate surface area is 109 Å². The first-order chi connectivity index (χ1) is 9.15. The average molecular weight is 262 g/mol. The van der Waals surface area contributed by atoms with Crippen LogP contribution in [0, 0.1) is 0 Å². The minimum Gasteiger partial charge on any atom is -0.507 e. The van der Waals surface area contributed by atoms with Gasteiger partial charge >= 0.3 is 0 Å². The summed E-state index contributed by atoms with van der Waals surface area (Å²) in [5, 5.41) is 19.2. The SMILES string of the molecule is COC1CCc2oc3cc(CO)cc(O)c3c(=O)c21. The number of benzene rings is 1. The molecule has 1 aliphatic carbocycles. The Morgan fingerprint density at radius 1 is 1.47 bits per heavy atom. The molecule has 0 aliphatic heterocycles. The van der Waals surface area contributed by atoms with Gasteiger partial charge in [0.05, 0.1) is 18.3 Å². The summed E-state index contributed by atoms with van der Waals surface area (Å²) in [6, 6.07) is 2.96. The Morgan fingerprint density at radius 2 is 2.26 bits per heavy atom. The van der Waals surface area contributed by atoms with E-state index in [1.54, 1.807) is 13.2 Å². The molecule has 2 N–H and O–H groups in total. The molecule has 1 aromatic heterocycles. The second kappa shape index (κ2) is 4.36. The van der Waals surface area contributed by atoms with Crippen molar-refractivity contribution in [1.82, 2.24) is 0 Å². The smallest absolute Gasteiger partial charge is 0.202 e. The second-order valence-corrected chi connectivity index (χ2v) is 4.68. The van der Waals surface area contributed by atoms with Crippen LogP contribution >= 0.6 is 0 Å². The van der Waals surface area contributed by atoms with E-state index < -0.39 is 0 Å². The van der Waals surface area contributed by atoms with Crippen molar-refractivity contribution in [2.45, 2.75) is 25.6 Å². The average Bonchev–Trinajstić information content (AvgIpc) is 2.81. The topological polar surface area (TPSA) is 79.9 Å². The van der Waals surface area contributed by atoms with E-state index in [9.17, 15) is 9.90 Å². The van der Waals surface area contributed by atoms with Crippen LogP contribution in [0.4, 0.5) is 0 Å². The monoisotopic (exact) mass is 262 g/mol. The normalized spacial score (nSPS) is 17.9. The molecule has 0 saturated heterocycles. The molecule has 5 nitrogen and oxygen atoms in total. The summed E-state index contributed by atoms with van der Waals surface area (Å²) in [7, 11) is 1.55. The molecule has 3 rings (SSSR count). The zero-order valence-electron chi connectivity index (χ0n) is 10.5. The van der Waals surface area contributed by atoms with Crippen molar-refractivity contribution in [2.75, 3.05) is 7.11 Å². The lowest BCUT2D eigenvalue weighted by Crippen LogP contribution is -2.13. The number of aliphatic hydroxyl groups excluding tert-OH is 1. The van der Waals surface area contributed by atoms with Gasteiger partial charge in [-0.05, 0) is 24.1 Å². The third-order valence-corrected chi connectivity index (χ3v) is 3.57. The summed E-state index contributed by atoms with van der Waals surface area (Å²) < 4.78 is 11.0. The molecule has 0 saturated carbocycles. The van der Waals surface area contributed by atoms with Crippen molar-refractivity contribution in [1.29, 1.82) is 0 Å². The van der Waals surface area contributed by atoms with Crippen LogP contribution in [0.5, 0.6) is 5.75 Å². The molecule has 1 atom stereocenters. The van der Waals surface area contributed by atoms with Crippen molar-refractivity contribution < 1.29 is 19.4 Å². The highest BCUT2D eigenvalue weighted by Crippen LogP contribution is 2.35. The van der Waals surface area contributed by atoms with Gasteiger partial charge < -0.3 is 19.4 Å². The van der Waals surface area contributed by atoms with Gasteiger partial charge in [0, 0.05) is 13.5 Å². The molecule has 100 valence electrons. The quantitative estimate of drug-likeness (QED) is 0.859. The molecule has 2 aromatic rings. The zero-order valence-corrected chi connectivity index (χ0v) is 10.5. The number of phenolic OH excluding ortho intramolecular Hbond substituents is 1. The van der Waals surface area contributed by atoms with Crippen molar-refractivity contribution in [3.63, 3.8) is 0 Å². The Morgan fingerprint density at radius 3 is 2.95 bits per heavy atom. The number of methoxy groups -OCH3 is 1. The lowest BCUT2D eigenvalue weighted by atomic mass is 10.1. The molecular formula is C14H14O5. The molecule has 1 heterocycles. The number of hydrogen-bond donors (Lipinski definition) is 2. The van der Waals surface area contributed by atoms with Crippen molar-refractivity contribution in [3.8, 4) is 5.75 Å². The standard InChI is InChI=1S/C14H14O5/c1-18-9-2-3-10-13(9)14(17)12-8(16)4-7(6-15)5-11(12)19-10/h4-5,9,15-16H,2-3,6H2,1H3. The van der Waals surface area contributed by atoms with Crippen molar-refractivity contribution in [2.24, 2.45) is 0 Å². The lowest BCUT2D eigenvalue weighted by Gasteiger charge is -2.09. The van der Waals surface area contributed by atoms with Crippen molar-refractivity contribution in [3.05, 3.63) is 39.2 Å². The Hall–Kier alpha value is -1.85. The number of rotatable bonds is 2. The van der Waals surface area contributed by atoms with Gasteiger partial charge in [0.15, 0.2) is 0 Å². The van der Waals surface area contributed by atoms with E-state index in [0.29, 0.717) is 35.3 Å². The summed E-state index contributed by atoms with van der Waals surface area (Å²) in [6.07, 6.45) is 1.07. The molecule has 5 heteroatoms. The van der Waals surface area contributed by atoms with E-state index >= 15 is 0 Å². The van der Waals surface area contributed by atoms with Gasteiger partial charge in [-0.25, -0.2) is 0 Å². The second-order valence-electron chi connectivity index (χ2n) is 4.68. The predicted molar refractivity (Wildman–Crippen MR) is 68.1 cm³/mol. The fourth-order valence-corrected chi connectivity index (χ4v) is 2.66. The summed E-state index contributed by atoms with van der Waals surface area (Å²) in [5.41, 5.74) is 1.07. The zero-order chi connectivity index (χ0) is 13.6. The van der Waals surface area contributed by atoms with Gasteiger partial charge in [0.1, 0.15) is 22.5 Å². The minimum atomic E-state index is -0.271. The minimum absolute atomic E-state index is 0.153. The van der Waals surface area contributed by atoms with Crippen LogP contribution in [0.3, 0.4) is 0 Å². The molecule has 1 unspecified atom stereocenters. The Bertz CT molecular complexity index is 701. The van der Waals surface area contributed by atoms with E-state index in [1.807, 2.05) is 0 Å². The van der Waals surface area contributed by atoms with E-state index in [2.05, 4.69) is 0 Å². The van der Waals surface area contributed by atoms with Gasteiger partial charge in [-0.2, -0.15) is 0 Å². The first kappa shape index (κ1) is 12.2. The Kier molecular flexibility index (Phi) is 2.80. The fourth-order valence-electron chi connectivity index (χ4n) is 2.66. The number of phenols is 1. The molecule has 0 spiro atoms. The maximum Gasteiger partial charge on any atom is 0.202 e. The number of aliphatic hydroxyl groups is 1. The summed E-state index contributed by atoms with van der Waals surface area (Å²) in [5.74, 6) is 0.443. The van der Waals surface area contributed by atoms with Gasteiger partial charge in [-0.3, -0.25) is 4.79 Å². The number of fused-ring (bicyclic) bond motifs is 2. The molecule has 1 aromatic carbocycles. The van der Waals surface area contributed by atoms with Gasteiger partial charge in [-0.15, -0.1) is 0 Å². The predicted octanol–water partition coefficient (Wildman–Crippen LogP) is 1.62. The van der Waals surface area contributed by atoms with E-state index in [0.717, 1.165) is 0 Å². The number of ether oxygens (including phenoxy) is 1. The maximum absolute atomic E-state index is 12.4. The van der Waals surface area contributed by atoms with Gasteiger partial charge in [0.25, 0.3) is 0 Å². The Balaban J connectivity index is 2.36. The van der Waals surface area contributed by atoms with Crippen LogP contribution in [0.2, 0.25) is 0 Å². The van der Waals surface area contributed by atoms with Crippen LogP contribution in [-0.4, -0.2) is 17.3 Å². The van der Waals surface area contributed by atoms with Crippen LogP contribution in [-0.2, 0) is 17.8 Å². The number of hydrogen-bond acceptors (Lipinski definition) is 5. The molecular weight excluding hydrogens is 248 g/mol. The lowest BCUT2D eigenvalue weighted by molar-refractivity contribution is 0.104. The van der Waals surface area contributed by atoms with Gasteiger partial charge in [-0.1, -0.05) is 0 Å². The highest BCUT2D eigenvalue weighted by molar-refractivity contribution is 5.84. The molecule has 0 radical (unpaired) electrons. The third-order valence-electron chi connectivity index (χ3n) is 3.57. The van der Waals surface area contributed by atoms with E-state index in [1.165, 1.54) is 6.07 Å². The first-order valence-electron chi connectivity index (χ1n) is 6.10. The largest absolute Gasteiger partial charge is 0.507 e. The highest BCUT2D eigenvalue weighted by Gasteiger charge is 2.29. The molecule has 19 heavy (non-hydrogen) atoms. The highest BCUT2D eigenvalue weighted by atomic mass is 16.5. The van der Waals surface area contributed by atoms with Crippen LogP contribution in [0.1, 0.15) is 29.4 Å². The molecule has 0 bridgehead atoms. The first-order valence-corrected chi connectivity index (χ1v) is 6.10. The van der Waals surface area contributed by atoms with Crippen molar-refractivity contribution >= 4 is 11.0 Å². The fraction of sp³-hybridized carbons (Fsp3) is 0.357. The molecule has 0 fully saturated rings. The maximum atomic E-state index is 12.4. The van der Waals surface area contributed by atoms with E-state index in [-0.39, 0.29) is 29.3 Å².